The first kappa shape index (κ1) is 15.2. The molecule has 2 aliphatic rings. The molecule has 1 saturated carbocycles. The van der Waals surface area contributed by atoms with E-state index in [4.69, 9.17) is 5.73 Å². The molecular formula is C13H27N3O2S. The molecule has 0 spiro atoms. The Morgan fingerprint density at radius 3 is 2.26 bits per heavy atom. The van der Waals surface area contributed by atoms with Gasteiger partial charge in [0.15, 0.2) is 0 Å². The normalized spacial score (nSPS) is 31.3. The van der Waals surface area contributed by atoms with Crippen LogP contribution in [0.15, 0.2) is 0 Å². The summed E-state index contributed by atoms with van der Waals surface area (Å²) in [6, 6.07) is -0.0402. The predicted molar refractivity (Wildman–Crippen MR) is 76.8 cm³/mol. The summed E-state index contributed by atoms with van der Waals surface area (Å²) < 4.78 is 29.5. The third-order valence-electron chi connectivity index (χ3n) is 5.44. The second-order valence-electron chi connectivity index (χ2n) is 7.00. The largest absolute Gasteiger partial charge is 0.329 e. The van der Waals surface area contributed by atoms with E-state index < -0.39 is 10.2 Å². The van der Waals surface area contributed by atoms with Crippen LogP contribution in [0, 0.1) is 10.8 Å². The van der Waals surface area contributed by atoms with Gasteiger partial charge in [0.05, 0.1) is 0 Å². The summed E-state index contributed by atoms with van der Waals surface area (Å²) in [5.74, 6) is 0. The Morgan fingerprint density at radius 1 is 1.21 bits per heavy atom. The molecule has 0 aromatic rings. The van der Waals surface area contributed by atoms with Gasteiger partial charge in [-0.15, -0.1) is 0 Å². The minimum absolute atomic E-state index is 0.00495. The molecule has 2 rings (SSSR count). The van der Waals surface area contributed by atoms with Crippen molar-refractivity contribution in [1.82, 2.24) is 9.03 Å². The Bertz CT molecular complexity index is 431. The summed E-state index contributed by atoms with van der Waals surface area (Å²) in [4.78, 5) is 0. The summed E-state index contributed by atoms with van der Waals surface area (Å²) >= 11 is 0. The molecule has 6 heteroatoms. The van der Waals surface area contributed by atoms with Crippen LogP contribution in [0.4, 0.5) is 0 Å². The lowest BCUT2D eigenvalue weighted by Gasteiger charge is -2.34. The van der Waals surface area contributed by atoms with Crippen LogP contribution in [0.5, 0.6) is 0 Å². The summed E-state index contributed by atoms with van der Waals surface area (Å²) in [6.45, 7) is 9.42. The highest BCUT2D eigenvalue weighted by molar-refractivity contribution is 7.87. The minimum atomic E-state index is -3.42. The molecule has 1 saturated heterocycles. The molecule has 3 N–H and O–H groups in total. The first-order chi connectivity index (χ1) is 8.64. The quantitative estimate of drug-likeness (QED) is 0.813. The van der Waals surface area contributed by atoms with Gasteiger partial charge in [-0.1, -0.05) is 34.1 Å². The Kier molecular flexibility index (Phi) is 3.75. The van der Waals surface area contributed by atoms with Crippen LogP contribution in [0.25, 0.3) is 0 Å². The van der Waals surface area contributed by atoms with Gasteiger partial charge in [0, 0.05) is 25.2 Å². The molecule has 1 heterocycles. The summed E-state index contributed by atoms with van der Waals surface area (Å²) in [5, 5.41) is 0. The van der Waals surface area contributed by atoms with E-state index in [2.05, 4.69) is 32.4 Å². The van der Waals surface area contributed by atoms with Crippen molar-refractivity contribution >= 4 is 10.2 Å². The van der Waals surface area contributed by atoms with E-state index in [0.717, 1.165) is 19.3 Å². The summed E-state index contributed by atoms with van der Waals surface area (Å²) in [5.41, 5.74) is 5.73. The number of hydrogen-bond acceptors (Lipinski definition) is 3. The molecule has 5 nitrogen and oxygen atoms in total. The second-order valence-corrected chi connectivity index (χ2v) is 8.65. The average molecular weight is 289 g/mol. The maximum Gasteiger partial charge on any atom is 0.280 e. The number of nitrogens with one attached hydrogen (secondary N) is 1. The Hall–Kier alpha value is -0.170. The molecule has 1 aliphatic heterocycles. The third kappa shape index (κ3) is 2.44. The Labute approximate surface area is 117 Å². The molecule has 0 radical (unpaired) electrons. The average Bonchev–Trinajstić information content (AvgIpc) is 2.71. The lowest BCUT2D eigenvalue weighted by atomic mass is 10.0. The fourth-order valence-corrected chi connectivity index (χ4v) is 5.21. The maximum atomic E-state index is 12.5. The fraction of sp³-hybridized carbons (Fsp3) is 1.00. The van der Waals surface area contributed by atoms with Gasteiger partial charge in [0.1, 0.15) is 0 Å². The van der Waals surface area contributed by atoms with E-state index in [1.165, 1.54) is 0 Å². The van der Waals surface area contributed by atoms with Gasteiger partial charge in [0.25, 0.3) is 10.2 Å². The van der Waals surface area contributed by atoms with E-state index in [9.17, 15) is 8.42 Å². The van der Waals surface area contributed by atoms with Crippen molar-refractivity contribution in [2.24, 2.45) is 16.6 Å². The SMILES string of the molecule is CC1(C)C(NS(=O)(=O)N2CCCCC2CN)C1(C)C. The van der Waals surface area contributed by atoms with Crippen molar-refractivity contribution < 1.29 is 8.42 Å². The molecule has 0 aromatic heterocycles. The van der Waals surface area contributed by atoms with Crippen molar-refractivity contribution in [3.05, 3.63) is 0 Å². The smallest absolute Gasteiger partial charge is 0.280 e. The number of rotatable bonds is 4. The van der Waals surface area contributed by atoms with Crippen LogP contribution in [0.1, 0.15) is 47.0 Å². The van der Waals surface area contributed by atoms with E-state index >= 15 is 0 Å². The van der Waals surface area contributed by atoms with Gasteiger partial charge in [-0.2, -0.15) is 17.4 Å². The van der Waals surface area contributed by atoms with E-state index in [-0.39, 0.29) is 22.9 Å². The first-order valence-electron chi connectivity index (χ1n) is 7.14. The molecule has 1 atom stereocenters. The van der Waals surface area contributed by atoms with Crippen LogP contribution in [-0.4, -0.2) is 37.9 Å². The standard InChI is InChI=1S/C13H27N3O2S/c1-12(2)11(13(12,3)4)15-19(17,18)16-8-6-5-7-10(16)9-14/h10-11,15H,5-9,14H2,1-4H3. The zero-order valence-corrected chi connectivity index (χ0v) is 13.3. The Morgan fingerprint density at radius 2 is 1.79 bits per heavy atom. The van der Waals surface area contributed by atoms with Gasteiger partial charge in [0.2, 0.25) is 0 Å². The van der Waals surface area contributed by atoms with E-state index in [0.29, 0.717) is 13.1 Å². The van der Waals surface area contributed by atoms with Crippen LogP contribution in [0.3, 0.4) is 0 Å². The number of piperidine rings is 1. The zero-order valence-electron chi connectivity index (χ0n) is 12.4. The summed E-state index contributed by atoms with van der Waals surface area (Å²) in [6.07, 6.45) is 2.86. The lowest BCUT2D eigenvalue weighted by molar-refractivity contribution is 0.253. The highest BCUT2D eigenvalue weighted by Gasteiger charge is 2.66. The van der Waals surface area contributed by atoms with Crippen molar-refractivity contribution in [2.45, 2.75) is 59.0 Å². The van der Waals surface area contributed by atoms with Gasteiger partial charge < -0.3 is 5.73 Å². The third-order valence-corrected chi connectivity index (χ3v) is 7.07. The molecule has 0 amide bonds. The molecular weight excluding hydrogens is 262 g/mol. The monoisotopic (exact) mass is 289 g/mol. The molecule has 112 valence electrons. The van der Waals surface area contributed by atoms with Crippen LogP contribution < -0.4 is 10.5 Å². The van der Waals surface area contributed by atoms with Crippen molar-refractivity contribution in [3.63, 3.8) is 0 Å². The zero-order chi connectivity index (χ0) is 14.5. The topological polar surface area (TPSA) is 75.4 Å². The summed E-state index contributed by atoms with van der Waals surface area (Å²) in [7, 11) is -3.42. The minimum Gasteiger partial charge on any atom is -0.329 e. The van der Waals surface area contributed by atoms with Crippen LogP contribution in [-0.2, 0) is 10.2 Å². The maximum absolute atomic E-state index is 12.5. The Balaban J connectivity index is 2.11. The van der Waals surface area contributed by atoms with Crippen LogP contribution >= 0.6 is 0 Å². The molecule has 19 heavy (non-hydrogen) atoms. The van der Waals surface area contributed by atoms with E-state index in [1.807, 2.05) is 0 Å². The molecule has 2 fully saturated rings. The molecule has 0 aromatic carbocycles. The fourth-order valence-electron chi connectivity index (χ4n) is 3.23. The van der Waals surface area contributed by atoms with Crippen molar-refractivity contribution in [1.29, 1.82) is 0 Å². The number of nitrogens with two attached hydrogens (primary N) is 1. The van der Waals surface area contributed by atoms with Gasteiger partial charge >= 0.3 is 0 Å². The molecule has 1 aliphatic carbocycles. The van der Waals surface area contributed by atoms with Crippen LogP contribution in [0.2, 0.25) is 0 Å². The lowest BCUT2D eigenvalue weighted by Crippen LogP contribution is -2.52. The van der Waals surface area contributed by atoms with E-state index in [1.54, 1.807) is 4.31 Å². The van der Waals surface area contributed by atoms with Gasteiger partial charge in [-0.3, -0.25) is 0 Å². The number of hydrogen-bond donors (Lipinski definition) is 2. The highest BCUT2D eigenvalue weighted by atomic mass is 32.2. The van der Waals surface area contributed by atoms with Crippen molar-refractivity contribution in [3.8, 4) is 0 Å². The van der Waals surface area contributed by atoms with Gasteiger partial charge in [-0.25, -0.2) is 0 Å². The first-order valence-corrected chi connectivity index (χ1v) is 8.58. The van der Waals surface area contributed by atoms with Gasteiger partial charge in [-0.05, 0) is 23.7 Å². The second kappa shape index (κ2) is 4.69. The predicted octanol–water partition coefficient (Wildman–Crippen LogP) is 1.07. The highest BCUT2D eigenvalue weighted by Crippen LogP contribution is 2.62. The van der Waals surface area contributed by atoms with Crippen molar-refractivity contribution in [2.75, 3.05) is 13.1 Å². The molecule has 1 unspecified atom stereocenters. The number of nitrogens with zero attached hydrogens (tertiary/aromatic N) is 1. The molecule has 0 bridgehead atoms.